The molecule has 1 amide bonds. The number of halogens is 1. The molecule has 0 aliphatic rings. The molecule has 0 atom stereocenters. The highest BCUT2D eigenvalue weighted by Crippen LogP contribution is 2.21. The SMILES string of the molecule is CCOc1ccc(NC(=O)Cc2cc(-c3ccc(F)cc3)on2)cc1. The van der Waals surface area contributed by atoms with Gasteiger partial charge in [0, 0.05) is 17.3 Å². The lowest BCUT2D eigenvalue weighted by Gasteiger charge is -2.06. The number of nitrogens with one attached hydrogen (secondary N) is 1. The summed E-state index contributed by atoms with van der Waals surface area (Å²) in [6.45, 7) is 2.50. The Kier molecular flexibility index (Phi) is 5.09. The molecule has 0 fully saturated rings. The van der Waals surface area contributed by atoms with Crippen LogP contribution in [0.15, 0.2) is 59.1 Å². The van der Waals surface area contributed by atoms with E-state index in [1.54, 1.807) is 42.5 Å². The van der Waals surface area contributed by atoms with Crippen molar-refractivity contribution in [3.63, 3.8) is 0 Å². The highest BCUT2D eigenvalue weighted by Gasteiger charge is 2.11. The van der Waals surface area contributed by atoms with E-state index in [1.165, 1.54) is 12.1 Å². The number of amides is 1. The molecular weight excluding hydrogens is 323 g/mol. The highest BCUT2D eigenvalue weighted by molar-refractivity contribution is 5.92. The lowest BCUT2D eigenvalue weighted by molar-refractivity contribution is -0.115. The van der Waals surface area contributed by atoms with Crippen LogP contribution in [0.2, 0.25) is 0 Å². The van der Waals surface area contributed by atoms with Gasteiger partial charge in [-0.25, -0.2) is 4.39 Å². The van der Waals surface area contributed by atoms with Crippen molar-refractivity contribution in [2.75, 3.05) is 11.9 Å². The quantitative estimate of drug-likeness (QED) is 0.735. The van der Waals surface area contributed by atoms with Gasteiger partial charge in [-0.3, -0.25) is 4.79 Å². The molecule has 0 aliphatic carbocycles. The second-order valence-electron chi connectivity index (χ2n) is 5.37. The number of hydrogen-bond donors (Lipinski definition) is 1. The van der Waals surface area contributed by atoms with E-state index in [0.29, 0.717) is 29.3 Å². The molecule has 0 bridgehead atoms. The van der Waals surface area contributed by atoms with Gasteiger partial charge in [0.05, 0.1) is 18.7 Å². The molecule has 1 N–H and O–H groups in total. The van der Waals surface area contributed by atoms with Crippen molar-refractivity contribution in [1.29, 1.82) is 0 Å². The van der Waals surface area contributed by atoms with Crippen molar-refractivity contribution in [2.45, 2.75) is 13.3 Å². The third kappa shape index (κ3) is 4.44. The molecule has 5 nitrogen and oxygen atoms in total. The molecule has 0 unspecified atom stereocenters. The topological polar surface area (TPSA) is 64.4 Å². The van der Waals surface area contributed by atoms with Gasteiger partial charge in [-0.15, -0.1) is 0 Å². The smallest absolute Gasteiger partial charge is 0.230 e. The van der Waals surface area contributed by atoms with E-state index >= 15 is 0 Å². The van der Waals surface area contributed by atoms with Crippen LogP contribution in [0.1, 0.15) is 12.6 Å². The molecule has 0 radical (unpaired) electrons. The van der Waals surface area contributed by atoms with Gasteiger partial charge in [-0.05, 0) is 55.5 Å². The summed E-state index contributed by atoms with van der Waals surface area (Å²) in [7, 11) is 0. The number of nitrogens with zero attached hydrogens (tertiary/aromatic N) is 1. The van der Waals surface area contributed by atoms with Crippen LogP contribution < -0.4 is 10.1 Å². The molecule has 6 heteroatoms. The van der Waals surface area contributed by atoms with Gasteiger partial charge >= 0.3 is 0 Å². The number of hydrogen-bond acceptors (Lipinski definition) is 4. The zero-order valence-electron chi connectivity index (χ0n) is 13.7. The minimum absolute atomic E-state index is 0.0813. The Morgan fingerprint density at radius 3 is 2.56 bits per heavy atom. The van der Waals surface area contributed by atoms with E-state index in [4.69, 9.17) is 9.26 Å². The van der Waals surface area contributed by atoms with E-state index in [-0.39, 0.29) is 18.1 Å². The van der Waals surface area contributed by atoms with Crippen LogP contribution in [0, 0.1) is 5.82 Å². The summed E-state index contributed by atoms with van der Waals surface area (Å²) in [5, 5.41) is 6.68. The summed E-state index contributed by atoms with van der Waals surface area (Å²) < 4.78 is 23.5. The standard InChI is InChI=1S/C19H17FN2O3/c1-2-24-17-9-7-15(8-10-17)21-19(23)12-16-11-18(25-22-16)13-3-5-14(20)6-4-13/h3-11H,2,12H2,1H3,(H,21,23). The van der Waals surface area contributed by atoms with E-state index in [9.17, 15) is 9.18 Å². The summed E-state index contributed by atoms with van der Waals surface area (Å²) in [6.07, 6.45) is 0.0813. The number of benzene rings is 2. The monoisotopic (exact) mass is 340 g/mol. The molecule has 0 aliphatic heterocycles. The van der Waals surface area contributed by atoms with Crippen LogP contribution in [-0.4, -0.2) is 17.7 Å². The molecular formula is C19H17FN2O3. The number of ether oxygens (including phenoxy) is 1. The Labute approximate surface area is 144 Å². The first-order valence-corrected chi connectivity index (χ1v) is 7.88. The van der Waals surface area contributed by atoms with Crippen molar-refractivity contribution < 1.29 is 18.4 Å². The fourth-order valence-electron chi connectivity index (χ4n) is 2.32. The first kappa shape index (κ1) is 16.7. The summed E-state index contributed by atoms with van der Waals surface area (Å²) in [4.78, 5) is 12.1. The Hall–Kier alpha value is -3.15. The van der Waals surface area contributed by atoms with Crippen molar-refractivity contribution in [2.24, 2.45) is 0 Å². The Morgan fingerprint density at radius 1 is 1.16 bits per heavy atom. The maximum absolute atomic E-state index is 12.9. The number of anilines is 1. The predicted octanol–water partition coefficient (Wildman–Crippen LogP) is 4.06. The molecule has 1 aromatic heterocycles. The fourth-order valence-corrected chi connectivity index (χ4v) is 2.32. The number of carbonyl (C=O) groups is 1. The van der Waals surface area contributed by atoms with E-state index in [0.717, 1.165) is 5.75 Å². The summed E-state index contributed by atoms with van der Waals surface area (Å²) in [5.41, 5.74) is 1.88. The molecule has 3 aromatic rings. The van der Waals surface area contributed by atoms with Gasteiger partial charge in [0.1, 0.15) is 11.6 Å². The predicted molar refractivity (Wildman–Crippen MR) is 91.8 cm³/mol. The molecule has 128 valence electrons. The van der Waals surface area contributed by atoms with Crippen LogP contribution in [0.4, 0.5) is 10.1 Å². The minimum Gasteiger partial charge on any atom is -0.494 e. The van der Waals surface area contributed by atoms with Gasteiger partial charge in [0.15, 0.2) is 5.76 Å². The normalized spacial score (nSPS) is 10.5. The van der Waals surface area contributed by atoms with Crippen molar-refractivity contribution in [1.82, 2.24) is 5.16 Å². The van der Waals surface area contributed by atoms with Crippen LogP contribution in [0.5, 0.6) is 5.75 Å². The van der Waals surface area contributed by atoms with Crippen LogP contribution in [0.3, 0.4) is 0 Å². The highest BCUT2D eigenvalue weighted by atomic mass is 19.1. The van der Waals surface area contributed by atoms with Crippen molar-refractivity contribution in [3.05, 3.63) is 66.1 Å². The maximum Gasteiger partial charge on any atom is 0.230 e. The first-order valence-electron chi connectivity index (χ1n) is 7.88. The van der Waals surface area contributed by atoms with Crippen molar-refractivity contribution in [3.8, 4) is 17.1 Å². The number of carbonyl (C=O) groups excluding carboxylic acids is 1. The third-order valence-corrected chi connectivity index (χ3v) is 3.48. The Bertz CT molecular complexity index is 842. The fraction of sp³-hybridized carbons (Fsp3) is 0.158. The first-order chi connectivity index (χ1) is 12.1. The molecule has 0 saturated heterocycles. The second-order valence-corrected chi connectivity index (χ2v) is 5.37. The zero-order chi connectivity index (χ0) is 17.6. The molecule has 2 aromatic carbocycles. The molecule has 0 saturated carbocycles. The Morgan fingerprint density at radius 2 is 1.88 bits per heavy atom. The van der Waals surface area contributed by atoms with Gasteiger partial charge in [-0.1, -0.05) is 5.16 Å². The minimum atomic E-state index is -0.321. The van der Waals surface area contributed by atoms with Gasteiger partial charge in [0.2, 0.25) is 5.91 Å². The van der Waals surface area contributed by atoms with Crippen LogP contribution in [-0.2, 0) is 11.2 Å². The molecule has 1 heterocycles. The third-order valence-electron chi connectivity index (χ3n) is 3.48. The van der Waals surface area contributed by atoms with Gasteiger partial charge < -0.3 is 14.6 Å². The largest absolute Gasteiger partial charge is 0.494 e. The average Bonchev–Trinajstić information content (AvgIpc) is 3.06. The molecule has 0 spiro atoms. The summed E-state index contributed by atoms with van der Waals surface area (Å²) in [5.74, 6) is 0.714. The number of rotatable bonds is 6. The second kappa shape index (κ2) is 7.61. The lowest BCUT2D eigenvalue weighted by Crippen LogP contribution is -2.14. The zero-order valence-corrected chi connectivity index (χ0v) is 13.7. The molecule has 25 heavy (non-hydrogen) atoms. The summed E-state index contributed by atoms with van der Waals surface area (Å²) >= 11 is 0. The van der Waals surface area contributed by atoms with Gasteiger partial charge in [0.25, 0.3) is 0 Å². The van der Waals surface area contributed by atoms with Gasteiger partial charge in [-0.2, -0.15) is 0 Å². The van der Waals surface area contributed by atoms with E-state index in [1.807, 2.05) is 6.92 Å². The van der Waals surface area contributed by atoms with E-state index < -0.39 is 0 Å². The average molecular weight is 340 g/mol. The summed E-state index contributed by atoms with van der Waals surface area (Å²) in [6, 6.07) is 14.7. The lowest BCUT2D eigenvalue weighted by atomic mass is 10.1. The molecule has 3 rings (SSSR count). The number of aromatic nitrogens is 1. The Balaban J connectivity index is 1.60. The van der Waals surface area contributed by atoms with Crippen molar-refractivity contribution >= 4 is 11.6 Å². The van der Waals surface area contributed by atoms with Crippen LogP contribution in [0.25, 0.3) is 11.3 Å². The maximum atomic E-state index is 12.9. The van der Waals surface area contributed by atoms with E-state index in [2.05, 4.69) is 10.5 Å². The van der Waals surface area contributed by atoms with Crippen LogP contribution >= 0.6 is 0 Å².